The molecule has 0 radical (unpaired) electrons. The molecular weight excluding hydrogens is 328 g/mol. The molecule has 4 nitrogen and oxygen atoms in total. The number of nitrogens with zero attached hydrogens (tertiary/aromatic N) is 4. The second-order valence-corrected chi connectivity index (χ2v) is 5.70. The van der Waals surface area contributed by atoms with Gasteiger partial charge in [-0.3, -0.25) is 0 Å². The van der Waals surface area contributed by atoms with E-state index < -0.39 is 0 Å². The zero-order valence-electron chi connectivity index (χ0n) is 11.5. The fraction of sp³-hybridized carbons (Fsp3) is 0.125. The average molecular weight is 341 g/mol. The zero-order chi connectivity index (χ0) is 14.8. The van der Waals surface area contributed by atoms with Crippen LogP contribution in [0.25, 0.3) is 10.4 Å². The Hall–Kier alpha value is -2.32. The molecule has 0 spiro atoms. The first-order valence-corrected chi connectivity index (χ1v) is 7.27. The van der Waals surface area contributed by atoms with Crippen molar-refractivity contribution >= 4 is 32.8 Å². The van der Waals surface area contributed by atoms with Crippen LogP contribution in [0.4, 0.5) is 11.4 Å². The van der Waals surface area contributed by atoms with Crippen LogP contribution in [0.2, 0.25) is 0 Å². The number of aromatic nitrogens is 2. The summed E-state index contributed by atoms with van der Waals surface area (Å²) in [6.45, 7) is 7.78. The van der Waals surface area contributed by atoms with Crippen LogP contribution in [-0.4, -0.2) is 16.7 Å². The van der Waals surface area contributed by atoms with Crippen molar-refractivity contribution in [3.05, 3.63) is 70.2 Å². The first-order chi connectivity index (χ1) is 10.2. The number of halogens is 1. The maximum atomic E-state index is 6.98. The highest BCUT2D eigenvalue weighted by molar-refractivity contribution is 9.10. The Morgan fingerprint density at radius 3 is 2.76 bits per heavy atom. The lowest BCUT2D eigenvalue weighted by Gasteiger charge is -2.19. The molecule has 0 N–H and O–H groups in total. The molecule has 104 valence electrons. The number of hydrogen-bond donors (Lipinski definition) is 0. The third kappa shape index (κ3) is 2.76. The van der Waals surface area contributed by atoms with Gasteiger partial charge in [0.1, 0.15) is 0 Å². The fourth-order valence-electron chi connectivity index (χ4n) is 2.24. The van der Waals surface area contributed by atoms with E-state index in [4.69, 9.17) is 6.57 Å². The Bertz CT molecular complexity index is 814. The molecule has 0 aliphatic carbocycles. The molecule has 0 saturated heterocycles. The second kappa shape index (κ2) is 5.58. The van der Waals surface area contributed by atoms with Gasteiger partial charge in [-0.15, -0.1) is 0 Å². The van der Waals surface area contributed by atoms with Gasteiger partial charge in [0.2, 0.25) is 0 Å². The second-order valence-electron chi connectivity index (χ2n) is 4.84. The number of benzene rings is 1. The van der Waals surface area contributed by atoms with E-state index in [1.165, 1.54) is 5.56 Å². The van der Waals surface area contributed by atoms with Crippen LogP contribution in [0.3, 0.4) is 0 Å². The third-order valence-corrected chi connectivity index (χ3v) is 3.99. The van der Waals surface area contributed by atoms with E-state index in [1.807, 2.05) is 42.0 Å². The molecule has 0 amide bonds. The minimum atomic E-state index is 0.664. The summed E-state index contributed by atoms with van der Waals surface area (Å²) in [4.78, 5) is 5.57. The maximum absolute atomic E-state index is 6.98. The predicted molar refractivity (Wildman–Crippen MR) is 87.7 cm³/mol. The molecule has 0 unspecified atom stereocenters. The van der Waals surface area contributed by atoms with Crippen LogP contribution >= 0.6 is 15.9 Å². The minimum absolute atomic E-state index is 0.664. The van der Waals surface area contributed by atoms with Gasteiger partial charge in [-0.2, -0.15) is 5.10 Å². The van der Waals surface area contributed by atoms with E-state index in [0.29, 0.717) is 5.69 Å². The topological polar surface area (TPSA) is 24.9 Å². The third-order valence-electron chi connectivity index (χ3n) is 3.38. The van der Waals surface area contributed by atoms with E-state index in [1.54, 1.807) is 6.20 Å². The molecule has 5 heteroatoms. The number of hydrogen-bond acceptors (Lipinski definition) is 2. The predicted octanol–water partition coefficient (Wildman–Crippen LogP) is 4.28. The van der Waals surface area contributed by atoms with Gasteiger partial charge < -0.3 is 4.90 Å². The Balaban J connectivity index is 1.83. The van der Waals surface area contributed by atoms with E-state index in [0.717, 1.165) is 22.2 Å². The SMILES string of the molecule is [C-]#[N+]c1ccc(N(C)Cc2ccn3ncc(Br)c3c2)cc1. The lowest BCUT2D eigenvalue weighted by atomic mass is 10.2. The van der Waals surface area contributed by atoms with Gasteiger partial charge in [0.15, 0.2) is 5.69 Å². The molecule has 0 atom stereocenters. The van der Waals surface area contributed by atoms with Crippen molar-refractivity contribution in [2.75, 3.05) is 11.9 Å². The number of pyridine rings is 1. The standard InChI is InChI=1S/C16H13BrN4/c1-18-13-3-5-14(6-4-13)20(2)11-12-7-8-21-16(9-12)15(17)10-19-21/h3-10H,11H2,2H3. The summed E-state index contributed by atoms with van der Waals surface area (Å²) in [7, 11) is 2.04. The fourth-order valence-corrected chi connectivity index (χ4v) is 2.63. The summed E-state index contributed by atoms with van der Waals surface area (Å²) in [6, 6.07) is 11.8. The molecule has 2 heterocycles. The smallest absolute Gasteiger partial charge is 0.187 e. The first-order valence-electron chi connectivity index (χ1n) is 6.48. The zero-order valence-corrected chi connectivity index (χ0v) is 13.1. The lowest BCUT2D eigenvalue weighted by molar-refractivity contribution is 0.905. The van der Waals surface area contributed by atoms with E-state index in [9.17, 15) is 0 Å². The van der Waals surface area contributed by atoms with Crippen molar-refractivity contribution in [3.8, 4) is 0 Å². The summed E-state index contributed by atoms with van der Waals surface area (Å²) in [5, 5.41) is 4.24. The van der Waals surface area contributed by atoms with E-state index in [2.05, 4.69) is 42.9 Å². The Kier molecular flexibility index (Phi) is 3.63. The van der Waals surface area contributed by atoms with Crippen molar-refractivity contribution in [2.24, 2.45) is 0 Å². The monoisotopic (exact) mass is 340 g/mol. The minimum Gasteiger partial charge on any atom is -0.370 e. The van der Waals surface area contributed by atoms with Gasteiger partial charge >= 0.3 is 0 Å². The highest BCUT2D eigenvalue weighted by Crippen LogP contribution is 2.22. The normalized spacial score (nSPS) is 10.5. The number of fused-ring (bicyclic) bond motifs is 1. The summed E-state index contributed by atoms with van der Waals surface area (Å²) >= 11 is 3.50. The van der Waals surface area contributed by atoms with Gasteiger partial charge in [0.25, 0.3) is 0 Å². The van der Waals surface area contributed by atoms with Crippen LogP contribution < -0.4 is 4.90 Å². The highest BCUT2D eigenvalue weighted by Gasteiger charge is 2.06. The van der Waals surface area contributed by atoms with Gasteiger partial charge in [-0.25, -0.2) is 9.36 Å². The molecule has 0 bridgehead atoms. The Morgan fingerprint density at radius 1 is 1.29 bits per heavy atom. The van der Waals surface area contributed by atoms with Crippen LogP contribution in [0.15, 0.2) is 53.3 Å². The van der Waals surface area contributed by atoms with Crippen LogP contribution in [0.5, 0.6) is 0 Å². The molecule has 0 aliphatic rings. The van der Waals surface area contributed by atoms with E-state index >= 15 is 0 Å². The largest absolute Gasteiger partial charge is 0.370 e. The molecule has 3 rings (SSSR count). The Labute approximate surface area is 131 Å². The summed E-state index contributed by atoms with van der Waals surface area (Å²) in [5.74, 6) is 0. The van der Waals surface area contributed by atoms with Gasteiger partial charge in [-0.1, -0.05) is 12.1 Å². The van der Waals surface area contributed by atoms with Crippen molar-refractivity contribution in [2.45, 2.75) is 6.54 Å². The molecule has 0 aliphatic heterocycles. The Morgan fingerprint density at radius 2 is 2.05 bits per heavy atom. The van der Waals surface area contributed by atoms with Crippen molar-refractivity contribution in [3.63, 3.8) is 0 Å². The quantitative estimate of drug-likeness (QED) is 0.664. The van der Waals surface area contributed by atoms with Crippen LogP contribution in [0.1, 0.15) is 5.56 Å². The van der Waals surface area contributed by atoms with Crippen molar-refractivity contribution < 1.29 is 0 Å². The van der Waals surface area contributed by atoms with Gasteiger partial charge in [0.05, 0.1) is 22.8 Å². The van der Waals surface area contributed by atoms with Crippen LogP contribution in [0, 0.1) is 6.57 Å². The van der Waals surface area contributed by atoms with E-state index in [-0.39, 0.29) is 0 Å². The average Bonchev–Trinajstić information content (AvgIpc) is 2.88. The van der Waals surface area contributed by atoms with Gasteiger partial charge in [-0.05, 0) is 45.8 Å². The molecule has 1 aromatic carbocycles. The first kappa shape index (κ1) is 13.7. The molecular formula is C16H13BrN4. The van der Waals surface area contributed by atoms with Crippen molar-refractivity contribution in [1.82, 2.24) is 9.61 Å². The summed E-state index contributed by atoms with van der Waals surface area (Å²) in [5.41, 5.74) is 4.02. The van der Waals surface area contributed by atoms with Gasteiger partial charge in [0, 0.05) is 25.5 Å². The highest BCUT2D eigenvalue weighted by atomic mass is 79.9. The molecule has 3 aromatic rings. The number of anilines is 1. The maximum Gasteiger partial charge on any atom is 0.187 e. The molecule has 0 fully saturated rings. The van der Waals surface area contributed by atoms with Crippen molar-refractivity contribution in [1.29, 1.82) is 0 Å². The lowest BCUT2D eigenvalue weighted by Crippen LogP contribution is -2.16. The van der Waals surface area contributed by atoms with Crippen LogP contribution in [-0.2, 0) is 6.54 Å². The summed E-state index contributed by atoms with van der Waals surface area (Å²) < 4.78 is 2.84. The number of rotatable bonds is 3. The molecule has 21 heavy (non-hydrogen) atoms. The summed E-state index contributed by atoms with van der Waals surface area (Å²) in [6.07, 6.45) is 3.76. The molecule has 0 saturated carbocycles. The molecule has 2 aromatic heterocycles.